The van der Waals surface area contributed by atoms with Crippen LogP contribution in [0.1, 0.15) is 33.1 Å². The summed E-state index contributed by atoms with van der Waals surface area (Å²) in [6.07, 6.45) is -0.516. The number of hydrogen-bond donors (Lipinski definition) is 2. The van der Waals surface area contributed by atoms with E-state index in [-0.39, 0.29) is 24.4 Å². The number of carbonyl (C=O) groups is 2. The van der Waals surface area contributed by atoms with E-state index in [1.165, 1.54) is 12.1 Å². The zero-order chi connectivity index (χ0) is 23.3. The topological polar surface area (TPSA) is 106 Å². The molecule has 0 bridgehead atoms. The fourth-order valence-corrected chi connectivity index (χ4v) is 2.75. The van der Waals surface area contributed by atoms with Crippen LogP contribution >= 0.6 is 11.6 Å². The van der Waals surface area contributed by atoms with Crippen molar-refractivity contribution in [2.75, 3.05) is 10.6 Å². The first-order valence-electron chi connectivity index (χ1n) is 9.77. The van der Waals surface area contributed by atoms with Crippen LogP contribution in [0.25, 0.3) is 11.4 Å². The van der Waals surface area contributed by atoms with Crippen molar-refractivity contribution in [2.45, 2.75) is 39.2 Å². The molecule has 0 atom stereocenters. The SMILES string of the molecule is CC(C)(C)OC(=O)Nc1cc(NC(=O)CCc2nc(-c3ccc(Cl)cc3)no2)ccc1F. The fourth-order valence-electron chi connectivity index (χ4n) is 2.63. The predicted octanol–water partition coefficient (Wildman–Crippen LogP) is 5.45. The van der Waals surface area contributed by atoms with Crippen molar-refractivity contribution < 1.29 is 23.2 Å². The number of rotatable bonds is 6. The zero-order valence-corrected chi connectivity index (χ0v) is 18.5. The summed E-state index contributed by atoms with van der Waals surface area (Å²) >= 11 is 5.87. The average Bonchev–Trinajstić information content (AvgIpc) is 3.17. The van der Waals surface area contributed by atoms with E-state index in [9.17, 15) is 14.0 Å². The summed E-state index contributed by atoms with van der Waals surface area (Å²) in [5, 5.41) is 9.47. The highest BCUT2D eigenvalue weighted by molar-refractivity contribution is 6.30. The number of aromatic nitrogens is 2. The quantitative estimate of drug-likeness (QED) is 0.506. The van der Waals surface area contributed by atoms with Gasteiger partial charge in [0.05, 0.1) is 5.69 Å². The van der Waals surface area contributed by atoms with E-state index in [1.807, 2.05) is 0 Å². The number of carbonyl (C=O) groups excluding carboxylic acids is 2. The Labute approximate surface area is 189 Å². The van der Waals surface area contributed by atoms with Crippen molar-refractivity contribution in [3.63, 3.8) is 0 Å². The fraction of sp³-hybridized carbons (Fsp3) is 0.273. The summed E-state index contributed by atoms with van der Waals surface area (Å²) in [4.78, 5) is 28.4. The lowest BCUT2D eigenvalue weighted by Crippen LogP contribution is -2.27. The minimum absolute atomic E-state index is 0.0639. The van der Waals surface area contributed by atoms with Crippen LogP contribution in [0.4, 0.5) is 20.6 Å². The van der Waals surface area contributed by atoms with Gasteiger partial charge in [0, 0.05) is 29.1 Å². The van der Waals surface area contributed by atoms with Crippen LogP contribution < -0.4 is 10.6 Å². The maximum atomic E-state index is 14.0. The molecule has 2 amide bonds. The smallest absolute Gasteiger partial charge is 0.412 e. The number of halogens is 2. The highest BCUT2D eigenvalue weighted by atomic mass is 35.5. The molecule has 1 aromatic heterocycles. The molecule has 0 spiro atoms. The van der Waals surface area contributed by atoms with Gasteiger partial charge in [-0.25, -0.2) is 9.18 Å². The number of amides is 2. The second-order valence-corrected chi connectivity index (χ2v) is 8.32. The van der Waals surface area contributed by atoms with Gasteiger partial charge < -0.3 is 14.6 Å². The van der Waals surface area contributed by atoms with E-state index < -0.39 is 17.5 Å². The van der Waals surface area contributed by atoms with Crippen molar-refractivity contribution in [3.8, 4) is 11.4 Å². The van der Waals surface area contributed by atoms with E-state index >= 15 is 0 Å². The number of anilines is 2. The largest absolute Gasteiger partial charge is 0.444 e. The molecule has 0 fully saturated rings. The third kappa shape index (κ3) is 6.78. The van der Waals surface area contributed by atoms with Crippen molar-refractivity contribution in [3.05, 3.63) is 59.2 Å². The third-order valence-corrected chi connectivity index (χ3v) is 4.27. The number of nitrogens with one attached hydrogen (secondary N) is 2. The minimum Gasteiger partial charge on any atom is -0.444 e. The molecule has 1 heterocycles. The van der Waals surface area contributed by atoms with Crippen LogP contribution in [0.5, 0.6) is 0 Å². The molecule has 0 unspecified atom stereocenters. The van der Waals surface area contributed by atoms with Gasteiger partial charge in [-0.05, 0) is 63.2 Å². The Kier molecular flexibility index (Phi) is 7.09. The first-order chi connectivity index (χ1) is 15.1. The Balaban J connectivity index is 1.56. The van der Waals surface area contributed by atoms with Gasteiger partial charge in [-0.2, -0.15) is 4.98 Å². The molecular weight excluding hydrogens is 439 g/mol. The van der Waals surface area contributed by atoms with Gasteiger partial charge in [-0.15, -0.1) is 0 Å². The summed E-state index contributed by atoms with van der Waals surface area (Å²) in [7, 11) is 0. The van der Waals surface area contributed by atoms with E-state index in [0.29, 0.717) is 22.4 Å². The van der Waals surface area contributed by atoms with Gasteiger partial charge in [-0.3, -0.25) is 10.1 Å². The predicted molar refractivity (Wildman–Crippen MR) is 118 cm³/mol. The van der Waals surface area contributed by atoms with Gasteiger partial charge >= 0.3 is 6.09 Å². The molecule has 32 heavy (non-hydrogen) atoms. The van der Waals surface area contributed by atoms with Crippen molar-refractivity contribution in [1.29, 1.82) is 0 Å². The van der Waals surface area contributed by atoms with Gasteiger partial charge in [0.1, 0.15) is 11.4 Å². The zero-order valence-electron chi connectivity index (χ0n) is 17.7. The molecular formula is C22H22ClFN4O4. The highest BCUT2D eigenvalue weighted by Crippen LogP contribution is 2.22. The highest BCUT2D eigenvalue weighted by Gasteiger charge is 2.18. The monoisotopic (exact) mass is 460 g/mol. The Hall–Kier alpha value is -3.46. The summed E-state index contributed by atoms with van der Waals surface area (Å²) in [5.41, 5.74) is 0.218. The molecule has 0 saturated heterocycles. The van der Waals surface area contributed by atoms with Gasteiger partial charge in [0.2, 0.25) is 17.6 Å². The number of nitrogens with zero attached hydrogens (tertiary/aromatic N) is 2. The second-order valence-electron chi connectivity index (χ2n) is 7.89. The molecule has 10 heteroatoms. The first-order valence-corrected chi connectivity index (χ1v) is 10.1. The Morgan fingerprint density at radius 1 is 1.12 bits per heavy atom. The number of ether oxygens (including phenoxy) is 1. The standard InChI is InChI=1S/C22H22ClFN4O4/c1-22(2,3)31-21(30)26-17-12-15(8-9-16(17)24)25-18(29)10-11-19-27-20(28-32-19)13-4-6-14(23)7-5-13/h4-9,12H,10-11H2,1-3H3,(H,25,29)(H,26,30). The minimum atomic E-state index is -0.798. The lowest BCUT2D eigenvalue weighted by molar-refractivity contribution is -0.116. The van der Waals surface area contributed by atoms with E-state index in [2.05, 4.69) is 20.8 Å². The van der Waals surface area contributed by atoms with E-state index in [0.717, 1.165) is 11.6 Å². The van der Waals surface area contributed by atoms with Crippen molar-refractivity contribution >= 4 is 35.0 Å². The summed E-state index contributed by atoms with van der Waals surface area (Å²) in [6, 6.07) is 10.8. The number of aryl methyl sites for hydroxylation is 1. The molecule has 2 N–H and O–H groups in total. The maximum Gasteiger partial charge on any atom is 0.412 e. The summed E-state index contributed by atoms with van der Waals surface area (Å²) < 4.78 is 24.3. The lowest BCUT2D eigenvalue weighted by atomic mass is 10.2. The Morgan fingerprint density at radius 2 is 1.84 bits per heavy atom. The van der Waals surface area contributed by atoms with Crippen molar-refractivity contribution in [1.82, 2.24) is 10.1 Å². The van der Waals surface area contributed by atoms with E-state index in [1.54, 1.807) is 45.0 Å². The normalized spacial score (nSPS) is 11.2. The molecule has 3 aromatic rings. The molecule has 0 saturated carbocycles. The molecule has 0 aliphatic rings. The lowest BCUT2D eigenvalue weighted by Gasteiger charge is -2.20. The number of benzene rings is 2. The Bertz CT molecular complexity index is 1110. The average molecular weight is 461 g/mol. The molecule has 0 aliphatic heterocycles. The van der Waals surface area contributed by atoms with Crippen LogP contribution in [-0.2, 0) is 16.0 Å². The molecule has 8 nitrogen and oxygen atoms in total. The Morgan fingerprint density at radius 3 is 2.53 bits per heavy atom. The van der Waals surface area contributed by atoms with Crippen LogP contribution in [0.2, 0.25) is 5.02 Å². The van der Waals surface area contributed by atoms with Crippen LogP contribution in [0.15, 0.2) is 47.0 Å². The molecule has 0 aliphatic carbocycles. The van der Waals surface area contributed by atoms with Gasteiger partial charge in [0.25, 0.3) is 0 Å². The van der Waals surface area contributed by atoms with Crippen LogP contribution in [0.3, 0.4) is 0 Å². The molecule has 2 aromatic carbocycles. The second kappa shape index (κ2) is 9.78. The van der Waals surface area contributed by atoms with Gasteiger partial charge in [0.15, 0.2) is 0 Å². The van der Waals surface area contributed by atoms with E-state index in [4.69, 9.17) is 20.9 Å². The molecule has 3 rings (SSSR count). The molecule has 168 valence electrons. The summed E-state index contributed by atoms with van der Waals surface area (Å²) in [5.74, 6) is -0.300. The third-order valence-electron chi connectivity index (χ3n) is 4.02. The summed E-state index contributed by atoms with van der Waals surface area (Å²) in [6.45, 7) is 5.09. The first kappa shape index (κ1) is 23.2. The van der Waals surface area contributed by atoms with Crippen LogP contribution in [0, 0.1) is 5.82 Å². The molecule has 0 radical (unpaired) electrons. The van der Waals surface area contributed by atoms with Gasteiger partial charge in [-0.1, -0.05) is 16.8 Å². The number of hydrogen-bond acceptors (Lipinski definition) is 6. The van der Waals surface area contributed by atoms with Crippen molar-refractivity contribution in [2.24, 2.45) is 0 Å². The maximum absolute atomic E-state index is 14.0. The van der Waals surface area contributed by atoms with Crippen LogP contribution in [-0.4, -0.2) is 27.7 Å².